The number of carbonyl (C=O) groups is 1. The Morgan fingerprint density at radius 1 is 1.44 bits per heavy atom. The summed E-state index contributed by atoms with van der Waals surface area (Å²) in [4.78, 5) is 11.0. The number of carboxylic acids is 1. The molecule has 0 amide bonds. The van der Waals surface area contributed by atoms with Crippen molar-refractivity contribution in [1.29, 1.82) is 0 Å². The molecule has 1 rings (SSSR count). The van der Waals surface area contributed by atoms with Crippen LogP contribution in [0.3, 0.4) is 0 Å². The van der Waals surface area contributed by atoms with E-state index < -0.39 is 11.4 Å². The van der Waals surface area contributed by atoms with Crippen molar-refractivity contribution in [1.82, 2.24) is 0 Å². The number of hydrogen-bond donors (Lipinski definition) is 1. The van der Waals surface area contributed by atoms with Gasteiger partial charge in [0.05, 0.1) is 16.5 Å². The van der Waals surface area contributed by atoms with E-state index in [1.165, 1.54) is 0 Å². The molecule has 0 saturated heterocycles. The first kappa shape index (κ1) is 15.0. The maximum absolute atomic E-state index is 11.0. The SMILES string of the molecule is CCOc1ccc(CCC(C)(C)C(=O)O)cc1Br. The van der Waals surface area contributed by atoms with E-state index in [-0.39, 0.29) is 0 Å². The fourth-order valence-electron chi connectivity index (χ4n) is 1.54. The van der Waals surface area contributed by atoms with Crippen LogP contribution >= 0.6 is 15.9 Å². The molecule has 0 unspecified atom stereocenters. The van der Waals surface area contributed by atoms with E-state index in [0.29, 0.717) is 13.0 Å². The van der Waals surface area contributed by atoms with E-state index in [4.69, 9.17) is 9.84 Å². The minimum absolute atomic E-state index is 0.614. The molecule has 0 aromatic heterocycles. The van der Waals surface area contributed by atoms with Crippen LogP contribution in [0.4, 0.5) is 0 Å². The van der Waals surface area contributed by atoms with Crippen molar-refractivity contribution >= 4 is 21.9 Å². The molecule has 4 heteroatoms. The first-order valence-corrected chi connectivity index (χ1v) is 6.80. The highest BCUT2D eigenvalue weighted by atomic mass is 79.9. The minimum Gasteiger partial charge on any atom is -0.493 e. The molecular formula is C14H19BrO3. The largest absolute Gasteiger partial charge is 0.493 e. The molecule has 0 spiro atoms. The lowest BCUT2D eigenvalue weighted by Gasteiger charge is -2.18. The van der Waals surface area contributed by atoms with Gasteiger partial charge in [-0.3, -0.25) is 4.79 Å². The quantitative estimate of drug-likeness (QED) is 0.866. The molecule has 1 aromatic carbocycles. The third-order valence-corrected chi connectivity index (χ3v) is 3.53. The summed E-state index contributed by atoms with van der Waals surface area (Å²) >= 11 is 3.46. The van der Waals surface area contributed by atoms with Gasteiger partial charge in [0.1, 0.15) is 5.75 Å². The van der Waals surface area contributed by atoms with Gasteiger partial charge in [0, 0.05) is 0 Å². The predicted octanol–water partition coefficient (Wildman–Crippen LogP) is 3.89. The van der Waals surface area contributed by atoms with E-state index in [1.807, 2.05) is 25.1 Å². The van der Waals surface area contributed by atoms with Crippen molar-refractivity contribution < 1.29 is 14.6 Å². The summed E-state index contributed by atoms with van der Waals surface area (Å²) in [6.45, 7) is 6.07. The van der Waals surface area contributed by atoms with Crippen LogP contribution in [0.2, 0.25) is 0 Å². The van der Waals surface area contributed by atoms with E-state index in [2.05, 4.69) is 15.9 Å². The average Bonchev–Trinajstić information content (AvgIpc) is 2.30. The Labute approximate surface area is 116 Å². The van der Waals surface area contributed by atoms with Crippen molar-refractivity contribution in [2.24, 2.45) is 5.41 Å². The van der Waals surface area contributed by atoms with Crippen LogP contribution < -0.4 is 4.74 Å². The number of carboxylic acid groups (broad SMARTS) is 1. The summed E-state index contributed by atoms with van der Waals surface area (Å²) in [6.07, 6.45) is 1.35. The highest BCUT2D eigenvalue weighted by Gasteiger charge is 2.26. The molecule has 100 valence electrons. The van der Waals surface area contributed by atoms with Gasteiger partial charge in [0.15, 0.2) is 0 Å². The van der Waals surface area contributed by atoms with Crippen molar-refractivity contribution in [2.75, 3.05) is 6.61 Å². The third kappa shape index (κ3) is 4.02. The van der Waals surface area contributed by atoms with E-state index in [0.717, 1.165) is 22.2 Å². The molecular weight excluding hydrogens is 296 g/mol. The number of ether oxygens (including phenoxy) is 1. The molecule has 1 aromatic rings. The zero-order chi connectivity index (χ0) is 13.8. The number of hydrogen-bond acceptors (Lipinski definition) is 2. The number of rotatable bonds is 6. The monoisotopic (exact) mass is 314 g/mol. The van der Waals surface area contributed by atoms with Crippen LogP contribution in [-0.2, 0) is 11.2 Å². The van der Waals surface area contributed by atoms with Crippen LogP contribution in [0.25, 0.3) is 0 Å². The van der Waals surface area contributed by atoms with Gasteiger partial charge < -0.3 is 9.84 Å². The first-order valence-electron chi connectivity index (χ1n) is 6.01. The summed E-state index contributed by atoms with van der Waals surface area (Å²) in [5.74, 6) is 0.0613. The Hall–Kier alpha value is -1.03. The molecule has 0 aliphatic carbocycles. The maximum Gasteiger partial charge on any atom is 0.309 e. The zero-order valence-electron chi connectivity index (χ0n) is 11.0. The van der Waals surface area contributed by atoms with Gasteiger partial charge in [-0.05, 0) is 67.2 Å². The smallest absolute Gasteiger partial charge is 0.309 e. The van der Waals surface area contributed by atoms with E-state index in [9.17, 15) is 4.79 Å². The van der Waals surface area contributed by atoms with Gasteiger partial charge in [-0.15, -0.1) is 0 Å². The average molecular weight is 315 g/mol. The maximum atomic E-state index is 11.0. The Morgan fingerprint density at radius 3 is 2.61 bits per heavy atom. The molecule has 0 aliphatic rings. The van der Waals surface area contributed by atoms with Crippen LogP contribution in [0.5, 0.6) is 5.75 Å². The second-order valence-electron chi connectivity index (χ2n) is 4.89. The Kier molecular flexibility index (Phi) is 5.20. The van der Waals surface area contributed by atoms with Crippen molar-refractivity contribution in [3.63, 3.8) is 0 Å². The van der Waals surface area contributed by atoms with E-state index in [1.54, 1.807) is 13.8 Å². The molecule has 18 heavy (non-hydrogen) atoms. The van der Waals surface area contributed by atoms with Crippen LogP contribution in [0.15, 0.2) is 22.7 Å². The molecule has 0 bridgehead atoms. The predicted molar refractivity (Wildman–Crippen MR) is 75.0 cm³/mol. The standard InChI is InChI=1S/C14H19BrO3/c1-4-18-12-6-5-10(9-11(12)15)7-8-14(2,3)13(16)17/h5-6,9H,4,7-8H2,1-3H3,(H,16,17). The van der Waals surface area contributed by atoms with Gasteiger partial charge >= 0.3 is 5.97 Å². The molecule has 1 N–H and O–H groups in total. The first-order chi connectivity index (χ1) is 8.36. The summed E-state index contributed by atoms with van der Waals surface area (Å²) < 4.78 is 6.35. The Balaban J connectivity index is 2.69. The zero-order valence-corrected chi connectivity index (χ0v) is 12.6. The molecule has 0 fully saturated rings. The Bertz CT molecular complexity index is 427. The van der Waals surface area contributed by atoms with Crippen LogP contribution in [-0.4, -0.2) is 17.7 Å². The normalized spacial score (nSPS) is 11.3. The molecule has 0 heterocycles. The van der Waals surface area contributed by atoms with Gasteiger partial charge in [-0.2, -0.15) is 0 Å². The van der Waals surface area contributed by atoms with Gasteiger partial charge in [0.25, 0.3) is 0 Å². The summed E-state index contributed by atoms with van der Waals surface area (Å²) in [5, 5.41) is 9.06. The fourth-order valence-corrected chi connectivity index (χ4v) is 2.08. The molecule has 0 saturated carbocycles. The molecule has 0 radical (unpaired) electrons. The topological polar surface area (TPSA) is 46.5 Å². The second kappa shape index (κ2) is 6.23. The van der Waals surface area contributed by atoms with Gasteiger partial charge in [0.2, 0.25) is 0 Å². The summed E-state index contributed by atoms with van der Waals surface area (Å²) in [5.41, 5.74) is 0.421. The minimum atomic E-state index is -0.757. The highest BCUT2D eigenvalue weighted by Crippen LogP contribution is 2.28. The fraction of sp³-hybridized carbons (Fsp3) is 0.500. The summed E-state index contributed by atoms with van der Waals surface area (Å²) in [7, 11) is 0. The number of halogens is 1. The number of benzene rings is 1. The second-order valence-corrected chi connectivity index (χ2v) is 5.74. The van der Waals surface area contributed by atoms with Crippen LogP contribution in [0, 0.1) is 5.41 Å². The van der Waals surface area contributed by atoms with Crippen molar-refractivity contribution in [3.8, 4) is 5.75 Å². The third-order valence-electron chi connectivity index (χ3n) is 2.91. The highest BCUT2D eigenvalue weighted by molar-refractivity contribution is 9.10. The number of aryl methyl sites for hydroxylation is 1. The summed E-state index contributed by atoms with van der Waals surface area (Å²) in [6, 6.07) is 5.88. The lowest BCUT2D eigenvalue weighted by Crippen LogP contribution is -2.24. The number of aliphatic carboxylic acids is 1. The van der Waals surface area contributed by atoms with Gasteiger partial charge in [-0.25, -0.2) is 0 Å². The molecule has 0 atom stereocenters. The van der Waals surface area contributed by atoms with E-state index >= 15 is 0 Å². The lowest BCUT2D eigenvalue weighted by atomic mass is 9.86. The lowest BCUT2D eigenvalue weighted by molar-refractivity contribution is -0.147. The molecule has 0 aliphatic heterocycles. The van der Waals surface area contributed by atoms with Crippen molar-refractivity contribution in [3.05, 3.63) is 28.2 Å². The van der Waals surface area contributed by atoms with Gasteiger partial charge in [-0.1, -0.05) is 6.07 Å². The van der Waals surface area contributed by atoms with Crippen molar-refractivity contribution in [2.45, 2.75) is 33.6 Å². The Morgan fingerprint density at radius 2 is 2.11 bits per heavy atom. The molecule has 3 nitrogen and oxygen atoms in total. The van der Waals surface area contributed by atoms with Crippen LogP contribution in [0.1, 0.15) is 32.8 Å².